The van der Waals surface area contributed by atoms with Crippen molar-refractivity contribution in [2.75, 3.05) is 27.9 Å². The summed E-state index contributed by atoms with van der Waals surface area (Å²) in [5.74, 6) is 0.695. The highest BCUT2D eigenvalue weighted by atomic mass is 16.7. The third kappa shape index (κ3) is 3.83. The zero-order valence-electron chi connectivity index (χ0n) is 18.0. The zero-order chi connectivity index (χ0) is 23.9. The fourth-order valence-electron chi connectivity index (χ4n) is 3.82. The second kappa shape index (κ2) is 9.04. The molecule has 1 saturated heterocycles. The van der Waals surface area contributed by atoms with E-state index in [1.807, 2.05) is 0 Å². The Morgan fingerprint density at radius 1 is 0.879 bits per heavy atom. The monoisotopic (exact) mass is 464 g/mol. The van der Waals surface area contributed by atoms with Crippen molar-refractivity contribution in [1.29, 1.82) is 0 Å². The summed E-state index contributed by atoms with van der Waals surface area (Å²) in [5.41, 5.74) is -0.153. The Morgan fingerprint density at radius 3 is 2.27 bits per heavy atom. The van der Waals surface area contributed by atoms with E-state index in [2.05, 4.69) is 0 Å². The Hall–Kier alpha value is -3.09. The zero-order valence-corrected chi connectivity index (χ0v) is 18.0. The van der Waals surface area contributed by atoms with Crippen molar-refractivity contribution in [2.45, 2.75) is 30.7 Å². The van der Waals surface area contributed by atoms with Crippen LogP contribution < -0.4 is 24.4 Å². The quantitative estimate of drug-likeness (QED) is 0.368. The molecule has 3 aromatic rings. The molecule has 33 heavy (non-hydrogen) atoms. The minimum Gasteiger partial charge on any atom is -0.496 e. The van der Waals surface area contributed by atoms with Crippen LogP contribution in [0, 0.1) is 0 Å². The number of benzene rings is 2. The molecule has 4 rings (SSSR count). The van der Waals surface area contributed by atoms with Crippen molar-refractivity contribution in [3.63, 3.8) is 0 Å². The molecule has 0 amide bonds. The van der Waals surface area contributed by atoms with Gasteiger partial charge in [0.15, 0.2) is 11.5 Å². The van der Waals surface area contributed by atoms with Crippen LogP contribution in [0.15, 0.2) is 33.5 Å². The van der Waals surface area contributed by atoms with Gasteiger partial charge >= 0.3 is 0 Å². The average Bonchev–Trinajstić information content (AvgIpc) is 2.83. The van der Waals surface area contributed by atoms with Crippen LogP contribution in [-0.4, -0.2) is 79.1 Å². The third-order valence-electron chi connectivity index (χ3n) is 5.55. The van der Waals surface area contributed by atoms with E-state index in [1.165, 1.54) is 33.5 Å². The Morgan fingerprint density at radius 2 is 1.64 bits per heavy atom. The third-order valence-corrected chi connectivity index (χ3v) is 5.55. The molecule has 11 nitrogen and oxygen atoms in total. The first kappa shape index (κ1) is 23.1. The predicted molar refractivity (Wildman–Crippen MR) is 114 cm³/mol. The van der Waals surface area contributed by atoms with Crippen molar-refractivity contribution in [1.82, 2.24) is 0 Å². The maximum atomic E-state index is 13.6. The van der Waals surface area contributed by atoms with Gasteiger partial charge in [-0.25, -0.2) is 0 Å². The Labute approximate surface area is 187 Å². The summed E-state index contributed by atoms with van der Waals surface area (Å²) in [6, 6.07) is 6.04. The lowest BCUT2D eigenvalue weighted by Crippen LogP contribution is -2.60. The summed E-state index contributed by atoms with van der Waals surface area (Å²) < 4.78 is 33.0. The van der Waals surface area contributed by atoms with Crippen molar-refractivity contribution in [3.8, 4) is 23.0 Å². The smallest absolute Gasteiger partial charge is 0.229 e. The van der Waals surface area contributed by atoms with E-state index < -0.39 is 42.7 Å². The first-order valence-electron chi connectivity index (χ1n) is 10.0. The molecule has 2 heterocycles. The lowest BCUT2D eigenvalue weighted by molar-refractivity contribution is -0.277. The van der Waals surface area contributed by atoms with Gasteiger partial charge in [0.05, 0.1) is 27.9 Å². The van der Waals surface area contributed by atoms with Gasteiger partial charge in [-0.2, -0.15) is 0 Å². The lowest BCUT2D eigenvalue weighted by atomic mass is 9.99. The van der Waals surface area contributed by atoms with Gasteiger partial charge in [0, 0.05) is 12.1 Å². The highest BCUT2D eigenvalue weighted by Gasteiger charge is 2.45. The molecule has 0 spiro atoms. The molecular formula is C22H24O11. The maximum absolute atomic E-state index is 13.6. The molecule has 1 fully saturated rings. The highest BCUT2D eigenvalue weighted by Crippen LogP contribution is 2.38. The Bertz CT molecular complexity index is 1220. The summed E-state index contributed by atoms with van der Waals surface area (Å²) in [6.07, 6.45) is -7.59. The highest BCUT2D eigenvalue weighted by molar-refractivity contribution is 5.97. The summed E-state index contributed by atoms with van der Waals surface area (Å²) in [6.45, 7) is -0.632. The minimum atomic E-state index is -1.67. The van der Waals surface area contributed by atoms with Gasteiger partial charge in [-0.3, -0.25) is 4.79 Å². The number of rotatable bonds is 6. The van der Waals surface area contributed by atoms with Crippen LogP contribution in [0.2, 0.25) is 0 Å². The van der Waals surface area contributed by atoms with Gasteiger partial charge in [0.25, 0.3) is 0 Å². The first-order valence-corrected chi connectivity index (χ1v) is 10.0. The number of aliphatic hydroxyl groups excluding tert-OH is 4. The fraction of sp³-hybridized carbons (Fsp3) is 0.409. The molecule has 5 atom stereocenters. The van der Waals surface area contributed by atoms with Crippen LogP contribution in [0.3, 0.4) is 0 Å². The minimum absolute atomic E-state index is 0.00758. The van der Waals surface area contributed by atoms with Gasteiger partial charge in [-0.15, -0.1) is 0 Å². The predicted octanol–water partition coefficient (Wildman–Crippen LogP) is 0.151. The number of methoxy groups -OCH3 is 3. The van der Waals surface area contributed by atoms with Crippen LogP contribution in [0.1, 0.15) is 0 Å². The normalized spacial score (nSPS) is 25.2. The van der Waals surface area contributed by atoms with Crippen LogP contribution >= 0.6 is 0 Å². The number of fused-ring (bicyclic) bond motifs is 2. The number of aliphatic hydroxyl groups is 4. The molecule has 1 aliphatic rings. The molecule has 11 heteroatoms. The van der Waals surface area contributed by atoms with Crippen molar-refractivity contribution in [3.05, 3.63) is 34.5 Å². The molecule has 1 aromatic heterocycles. The van der Waals surface area contributed by atoms with Crippen LogP contribution in [0.5, 0.6) is 23.0 Å². The van der Waals surface area contributed by atoms with Gasteiger partial charge in [-0.1, -0.05) is 0 Å². The summed E-state index contributed by atoms with van der Waals surface area (Å²) >= 11 is 0. The molecule has 178 valence electrons. The van der Waals surface area contributed by atoms with E-state index in [0.717, 1.165) is 0 Å². The molecule has 0 saturated carbocycles. The molecule has 2 aromatic carbocycles. The van der Waals surface area contributed by atoms with E-state index in [-0.39, 0.29) is 39.2 Å². The van der Waals surface area contributed by atoms with E-state index in [9.17, 15) is 25.2 Å². The SMILES string of the molecule is COc1cc(O[C@H]2O[C@@H](CO)[C@H](O)[C@H](O)[C@@H]2O)c2c(=O)c3c(OC)c(OC)ccc3oc2c1. The van der Waals surface area contributed by atoms with E-state index >= 15 is 0 Å². The number of ether oxygens (including phenoxy) is 5. The standard InChI is InChI=1S/C22H24O11/c1-28-9-6-12-15(18(25)16-10(31-12)4-5-11(29-2)21(16)30-3)13(7-9)32-22-20(27)19(26)17(24)14(8-23)33-22/h4-7,14,17,19-20,22-24,26-27H,8H2,1-3H3/t14-,17-,19-,20-,22-/m0/s1. The van der Waals surface area contributed by atoms with Crippen molar-refractivity contribution in [2.24, 2.45) is 0 Å². The molecule has 0 unspecified atom stereocenters. The maximum Gasteiger partial charge on any atom is 0.229 e. The lowest BCUT2D eigenvalue weighted by Gasteiger charge is -2.39. The van der Waals surface area contributed by atoms with E-state index in [0.29, 0.717) is 5.75 Å². The largest absolute Gasteiger partial charge is 0.496 e. The molecule has 1 aliphatic heterocycles. The van der Waals surface area contributed by atoms with Gasteiger partial charge in [0.2, 0.25) is 11.7 Å². The Balaban J connectivity index is 1.92. The second-order valence-corrected chi connectivity index (χ2v) is 7.42. The fourth-order valence-corrected chi connectivity index (χ4v) is 3.82. The second-order valence-electron chi connectivity index (χ2n) is 7.42. The van der Waals surface area contributed by atoms with Gasteiger partial charge < -0.3 is 48.5 Å². The van der Waals surface area contributed by atoms with E-state index in [1.54, 1.807) is 12.1 Å². The molecule has 4 N–H and O–H groups in total. The number of hydrogen-bond donors (Lipinski definition) is 4. The molecular weight excluding hydrogens is 440 g/mol. The van der Waals surface area contributed by atoms with Crippen LogP contribution in [-0.2, 0) is 4.74 Å². The van der Waals surface area contributed by atoms with Gasteiger partial charge in [-0.05, 0) is 12.1 Å². The molecule has 0 radical (unpaired) electrons. The van der Waals surface area contributed by atoms with E-state index in [4.69, 9.17) is 28.1 Å². The summed E-state index contributed by atoms with van der Waals surface area (Å²) in [5, 5.41) is 40.0. The summed E-state index contributed by atoms with van der Waals surface area (Å²) in [7, 11) is 4.23. The molecule has 0 bridgehead atoms. The topological polar surface area (TPSA) is 157 Å². The average molecular weight is 464 g/mol. The first-order chi connectivity index (χ1) is 15.8. The molecule has 0 aliphatic carbocycles. The van der Waals surface area contributed by atoms with Crippen molar-refractivity contribution >= 4 is 21.9 Å². The van der Waals surface area contributed by atoms with Crippen LogP contribution in [0.25, 0.3) is 21.9 Å². The summed E-state index contributed by atoms with van der Waals surface area (Å²) in [4.78, 5) is 13.6. The van der Waals surface area contributed by atoms with Gasteiger partial charge in [0.1, 0.15) is 57.9 Å². The van der Waals surface area contributed by atoms with Crippen molar-refractivity contribution < 1.29 is 48.5 Å². The van der Waals surface area contributed by atoms with Crippen LogP contribution in [0.4, 0.5) is 0 Å². The Kier molecular flexibility index (Phi) is 6.32. The number of hydrogen-bond acceptors (Lipinski definition) is 11.